The minimum atomic E-state index is -0.384. The summed E-state index contributed by atoms with van der Waals surface area (Å²) in [6, 6.07) is 26.1. The molecule has 0 atom stereocenters. The largest absolute Gasteiger partial charge is 0.497 e. The maximum Gasteiger partial charge on any atom is 0.338 e. The molecule has 0 aromatic heterocycles. The van der Waals surface area contributed by atoms with Gasteiger partial charge in [0.2, 0.25) is 0 Å². The van der Waals surface area contributed by atoms with Crippen LogP contribution in [0.4, 0.5) is 4.79 Å². The highest BCUT2D eigenvalue weighted by atomic mass is 16.5. The van der Waals surface area contributed by atoms with Crippen molar-refractivity contribution in [3.8, 4) is 5.75 Å². The Hall–Kier alpha value is -3.84. The van der Waals surface area contributed by atoms with Crippen LogP contribution < -0.4 is 4.74 Å². The summed E-state index contributed by atoms with van der Waals surface area (Å²) in [5.41, 5.74) is 3.26. The van der Waals surface area contributed by atoms with E-state index in [2.05, 4.69) is 49.3 Å². The zero-order chi connectivity index (χ0) is 28.3. The molecule has 40 heavy (non-hydrogen) atoms. The van der Waals surface area contributed by atoms with Gasteiger partial charge in [0.25, 0.3) is 0 Å². The summed E-state index contributed by atoms with van der Waals surface area (Å²) in [6.45, 7) is 1.54. The lowest BCUT2D eigenvalue weighted by atomic mass is 9.68. The Morgan fingerprint density at radius 1 is 0.850 bits per heavy atom. The molecule has 1 aliphatic heterocycles. The van der Waals surface area contributed by atoms with Crippen LogP contribution in [0.2, 0.25) is 0 Å². The number of amides is 2. The third kappa shape index (κ3) is 5.06. The van der Waals surface area contributed by atoms with Gasteiger partial charge in [0, 0.05) is 25.2 Å². The predicted molar refractivity (Wildman–Crippen MR) is 155 cm³/mol. The highest BCUT2D eigenvalue weighted by Gasteiger charge is 2.54. The lowest BCUT2D eigenvalue weighted by Crippen LogP contribution is -2.55. The monoisotopic (exact) mass is 541 g/mol. The minimum Gasteiger partial charge on any atom is -0.497 e. The van der Waals surface area contributed by atoms with E-state index in [1.165, 1.54) is 12.7 Å². The molecule has 2 aliphatic rings. The van der Waals surface area contributed by atoms with Gasteiger partial charge < -0.3 is 19.3 Å². The molecule has 0 radical (unpaired) electrons. The summed E-state index contributed by atoms with van der Waals surface area (Å²) in [6.07, 6.45) is 3.60. The number of rotatable bonds is 8. The van der Waals surface area contributed by atoms with Crippen molar-refractivity contribution >= 4 is 12.0 Å². The Bertz CT molecular complexity index is 1330. The highest BCUT2D eigenvalue weighted by Crippen LogP contribution is 2.49. The number of hydrogen-bond donors (Lipinski definition) is 0. The molecule has 1 aliphatic carbocycles. The van der Waals surface area contributed by atoms with Crippen molar-refractivity contribution in [2.45, 2.75) is 49.9 Å². The maximum atomic E-state index is 14.1. The van der Waals surface area contributed by atoms with Crippen molar-refractivity contribution in [1.82, 2.24) is 14.7 Å². The van der Waals surface area contributed by atoms with Gasteiger partial charge in [0.05, 0.1) is 25.3 Å². The lowest BCUT2D eigenvalue weighted by molar-refractivity contribution is 0.0219. The van der Waals surface area contributed by atoms with Crippen LogP contribution >= 0.6 is 0 Å². The molecule has 7 heteroatoms. The van der Waals surface area contributed by atoms with Gasteiger partial charge in [-0.05, 0) is 74.7 Å². The molecule has 7 nitrogen and oxygen atoms in total. The van der Waals surface area contributed by atoms with E-state index in [1.807, 2.05) is 52.3 Å². The van der Waals surface area contributed by atoms with Crippen LogP contribution in [0.15, 0.2) is 78.9 Å². The standard InChI is InChI=1S/C33H39N3O4/c1-34(2)33(27-11-6-5-7-12-27)20-18-32(19-21-33)24-35(22-25-14-16-28(39-3)17-15-25)31(38)36(32)23-26-10-8-9-13-29(26)30(37)40-4/h5-17H,18-24H2,1-4H3/t32-,33+. The molecule has 0 unspecified atom stereocenters. The molecule has 0 N–H and O–H groups in total. The molecule has 1 spiro atoms. The third-order valence-corrected chi connectivity index (χ3v) is 9.02. The fourth-order valence-corrected chi connectivity index (χ4v) is 6.63. The van der Waals surface area contributed by atoms with Crippen LogP contribution in [0.3, 0.4) is 0 Å². The lowest BCUT2D eigenvalue weighted by Gasteiger charge is -2.51. The first kappa shape index (κ1) is 27.7. The van der Waals surface area contributed by atoms with Crippen LogP contribution in [-0.4, -0.2) is 67.1 Å². The molecule has 1 saturated heterocycles. The van der Waals surface area contributed by atoms with Crippen molar-refractivity contribution in [2.75, 3.05) is 34.9 Å². The van der Waals surface area contributed by atoms with Gasteiger partial charge in [-0.3, -0.25) is 4.90 Å². The quantitative estimate of drug-likeness (QED) is 0.343. The van der Waals surface area contributed by atoms with Gasteiger partial charge in [-0.2, -0.15) is 0 Å². The van der Waals surface area contributed by atoms with Crippen molar-refractivity contribution < 1.29 is 19.1 Å². The number of benzene rings is 3. The first-order valence-corrected chi connectivity index (χ1v) is 13.9. The number of methoxy groups -OCH3 is 2. The van der Waals surface area contributed by atoms with Gasteiger partial charge in [0.15, 0.2) is 0 Å². The average molecular weight is 542 g/mol. The Morgan fingerprint density at radius 3 is 2.12 bits per heavy atom. The molecule has 210 valence electrons. The summed E-state index contributed by atoms with van der Waals surface area (Å²) in [4.78, 5) is 33.0. The molecule has 1 saturated carbocycles. The highest BCUT2D eigenvalue weighted by molar-refractivity contribution is 5.91. The van der Waals surface area contributed by atoms with Crippen LogP contribution in [0.1, 0.15) is 52.7 Å². The van der Waals surface area contributed by atoms with Crippen LogP contribution in [0, 0.1) is 0 Å². The van der Waals surface area contributed by atoms with Crippen LogP contribution in [-0.2, 0) is 23.4 Å². The number of hydrogen-bond acceptors (Lipinski definition) is 5. The van der Waals surface area contributed by atoms with Crippen molar-refractivity contribution in [1.29, 1.82) is 0 Å². The van der Waals surface area contributed by atoms with E-state index >= 15 is 0 Å². The molecule has 1 heterocycles. The number of carbonyl (C=O) groups is 2. The molecule has 2 fully saturated rings. The smallest absolute Gasteiger partial charge is 0.338 e. The Morgan fingerprint density at radius 2 is 1.50 bits per heavy atom. The minimum absolute atomic E-state index is 0.00699. The second-order valence-corrected chi connectivity index (χ2v) is 11.2. The van der Waals surface area contributed by atoms with E-state index in [0.29, 0.717) is 25.2 Å². The molecule has 2 amide bonds. The molecule has 0 bridgehead atoms. The predicted octanol–water partition coefficient (Wildman–Crippen LogP) is 5.69. The van der Waals surface area contributed by atoms with Crippen molar-refractivity contribution in [2.24, 2.45) is 0 Å². The van der Waals surface area contributed by atoms with Gasteiger partial charge in [0.1, 0.15) is 5.75 Å². The van der Waals surface area contributed by atoms with Crippen LogP contribution in [0.5, 0.6) is 5.75 Å². The molecule has 5 rings (SSSR count). The summed E-state index contributed by atoms with van der Waals surface area (Å²) in [5.74, 6) is 0.410. The van der Waals surface area contributed by atoms with E-state index in [-0.39, 0.29) is 23.1 Å². The third-order valence-electron chi connectivity index (χ3n) is 9.02. The zero-order valence-corrected chi connectivity index (χ0v) is 23.9. The topological polar surface area (TPSA) is 62.3 Å². The number of ether oxygens (including phenoxy) is 2. The van der Waals surface area contributed by atoms with Gasteiger partial charge >= 0.3 is 12.0 Å². The van der Waals surface area contributed by atoms with E-state index in [9.17, 15) is 9.59 Å². The zero-order valence-electron chi connectivity index (χ0n) is 23.9. The summed E-state index contributed by atoms with van der Waals surface area (Å²) < 4.78 is 10.4. The van der Waals surface area contributed by atoms with Crippen LogP contribution in [0.25, 0.3) is 0 Å². The van der Waals surface area contributed by atoms with Gasteiger partial charge in [-0.15, -0.1) is 0 Å². The van der Waals surface area contributed by atoms with Crippen molar-refractivity contribution in [3.63, 3.8) is 0 Å². The van der Waals surface area contributed by atoms with E-state index in [0.717, 1.165) is 42.6 Å². The molecular formula is C33H39N3O4. The fourth-order valence-electron chi connectivity index (χ4n) is 6.63. The number of esters is 1. The van der Waals surface area contributed by atoms with Gasteiger partial charge in [-0.25, -0.2) is 9.59 Å². The fraction of sp³-hybridized carbons (Fsp3) is 0.394. The van der Waals surface area contributed by atoms with Crippen molar-refractivity contribution in [3.05, 3.63) is 101 Å². The average Bonchev–Trinajstić information content (AvgIpc) is 3.23. The summed E-state index contributed by atoms with van der Waals surface area (Å²) in [5, 5.41) is 0. The second kappa shape index (κ2) is 11.3. The van der Waals surface area contributed by atoms with E-state index < -0.39 is 0 Å². The summed E-state index contributed by atoms with van der Waals surface area (Å²) in [7, 11) is 7.36. The first-order valence-electron chi connectivity index (χ1n) is 13.9. The number of carbonyl (C=O) groups excluding carboxylic acids is 2. The Balaban J connectivity index is 1.47. The second-order valence-electron chi connectivity index (χ2n) is 11.2. The number of nitrogens with zero attached hydrogens (tertiary/aromatic N) is 3. The Kier molecular flexibility index (Phi) is 7.86. The van der Waals surface area contributed by atoms with Gasteiger partial charge in [-0.1, -0.05) is 60.7 Å². The van der Waals surface area contributed by atoms with E-state index in [1.54, 1.807) is 13.2 Å². The summed E-state index contributed by atoms with van der Waals surface area (Å²) >= 11 is 0. The Labute approximate surface area is 237 Å². The first-order chi connectivity index (χ1) is 19.3. The SMILES string of the molecule is COC(=O)c1ccccc1CN1C(=O)N(Cc2ccc(OC)cc2)C[C@]12CC[C@](c1ccccc1)(N(C)C)CC2. The maximum absolute atomic E-state index is 14.1. The number of urea groups is 1. The normalized spacial score (nSPS) is 22.7. The van der Waals surface area contributed by atoms with E-state index in [4.69, 9.17) is 9.47 Å². The molecule has 3 aromatic carbocycles. The molecular weight excluding hydrogens is 502 g/mol. The molecule has 3 aromatic rings.